The van der Waals surface area contributed by atoms with Crippen molar-refractivity contribution < 1.29 is 18.0 Å². The molecule has 0 saturated carbocycles. The number of carbonyl (C=O) groups excluding carboxylic acids is 2. The van der Waals surface area contributed by atoms with Gasteiger partial charge in [0.1, 0.15) is 0 Å². The molecule has 0 aromatic heterocycles. The molecule has 1 fully saturated rings. The van der Waals surface area contributed by atoms with Crippen molar-refractivity contribution in [1.29, 1.82) is 0 Å². The fourth-order valence-electron chi connectivity index (χ4n) is 2.43. The number of rotatable bonds is 6. The molecule has 1 heterocycles. The normalized spacial score (nSPS) is 14.7. The van der Waals surface area contributed by atoms with E-state index in [4.69, 9.17) is 0 Å². The van der Waals surface area contributed by atoms with E-state index in [1.807, 2.05) is 6.92 Å². The molecule has 1 saturated heterocycles. The molecule has 0 radical (unpaired) electrons. The molecule has 23 heavy (non-hydrogen) atoms. The van der Waals surface area contributed by atoms with Crippen molar-refractivity contribution >= 4 is 21.7 Å². The third-order valence-electron chi connectivity index (χ3n) is 3.87. The third-order valence-corrected chi connectivity index (χ3v) is 5.61. The van der Waals surface area contributed by atoms with Crippen LogP contribution < -0.4 is 5.32 Å². The van der Waals surface area contributed by atoms with Crippen LogP contribution in [0.25, 0.3) is 0 Å². The first-order valence-electron chi connectivity index (χ1n) is 7.72. The molecule has 1 aliphatic rings. The molecule has 0 spiro atoms. The van der Waals surface area contributed by atoms with E-state index in [0.29, 0.717) is 0 Å². The zero-order valence-electron chi connectivity index (χ0n) is 13.2. The molecule has 1 aromatic carbocycles. The Morgan fingerprint density at radius 2 is 1.74 bits per heavy atom. The first-order chi connectivity index (χ1) is 10.9. The quantitative estimate of drug-likeness (QED) is 0.835. The lowest BCUT2D eigenvalue weighted by atomic mass is 10.2. The summed E-state index contributed by atoms with van der Waals surface area (Å²) in [6.07, 6.45) is 1.84. The largest absolute Gasteiger partial charge is 0.347 e. The number of sulfone groups is 1. The van der Waals surface area contributed by atoms with E-state index >= 15 is 0 Å². The molecule has 0 aliphatic carbocycles. The van der Waals surface area contributed by atoms with Crippen molar-refractivity contribution in [2.24, 2.45) is 0 Å². The molecule has 0 unspecified atom stereocenters. The van der Waals surface area contributed by atoms with Gasteiger partial charge in [0.25, 0.3) is 0 Å². The number of benzene rings is 1. The van der Waals surface area contributed by atoms with E-state index in [9.17, 15) is 18.0 Å². The van der Waals surface area contributed by atoms with Gasteiger partial charge in [-0.3, -0.25) is 9.59 Å². The van der Waals surface area contributed by atoms with E-state index in [0.717, 1.165) is 31.5 Å². The molecule has 7 heteroatoms. The summed E-state index contributed by atoms with van der Waals surface area (Å²) < 4.78 is 24.3. The SMILES string of the molecule is Cc1ccc(S(=O)(=O)CCC(=O)NCC(=O)N2CCCC2)cc1. The van der Waals surface area contributed by atoms with Crippen molar-refractivity contribution in [1.82, 2.24) is 10.2 Å². The molecule has 1 N–H and O–H groups in total. The fraction of sp³-hybridized carbons (Fsp3) is 0.500. The van der Waals surface area contributed by atoms with Crippen LogP contribution in [0.15, 0.2) is 29.2 Å². The second-order valence-electron chi connectivity index (χ2n) is 5.75. The first kappa shape index (κ1) is 17.5. The predicted molar refractivity (Wildman–Crippen MR) is 86.7 cm³/mol. The van der Waals surface area contributed by atoms with Gasteiger partial charge in [0.05, 0.1) is 17.2 Å². The zero-order chi connectivity index (χ0) is 16.9. The number of amides is 2. The molecule has 6 nitrogen and oxygen atoms in total. The molecule has 0 atom stereocenters. The van der Waals surface area contributed by atoms with Gasteiger partial charge in [-0.2, -0.15) is 0 Å². The van der Waals surface area contributed by atoms with Crippen LogP contribution in [0.4, 0.5) is 0 Å². The maximum absolute atomic E-state index is 12.1. The average Bonchev–Trinajstić information content (AvgIpc) is 3.05. The second-order valence-corrected chi connectivity index (χ2v) is 7.86. The lowest BCUT2D eigenvalue weighted by Gasteiger charge is -2.15. The average molecular weight is 338 g/mol. The maximum Gasteiger partial charge on any atom is 0.241 e. The number of hydrogen-bond donors (Lipinski definition) is 1. The summed E-state index contributed by atoms with van der Waals surface area (Å²) in [7, 11) is -3.48. The van der Waals surface area contributed by atoms with Crippen molar-refractivity contribution in [2.45, 2.75) is 31.1 Å². The molecule has 2 rings (SSSR count). The Morgan fingerprint density at radius 3 is 2.35 bits per heavy atom. The van der Waals surface area contributed by atoms with Crippen molar-refractivity contribution in [3.63, 3.8) is 0 Å². The fourth-order valence-corrected chi connectivity index (χ4v) is 3.67. The van der Waals surface area contributed by atoms with Gasteiger partial charge in [0.2, 0.25) is 11.8 Å². The zero-order valence-corrected chi connectivity index (χ0v) is 14.1. The van der Waals surface area contributed by atoms with E-state index in [2.05, 4.69) is 5.32 Å². The van der Waals surface area contributed by atoms with Crippen molar-refractivity contribution in [3.8, 4) is 0 Å². The lowest BCUT2D eigenvalue weighted by Crippen LogP contribution is -2.39. The molecule has 126 valence electrons. The van der Waals surface area contributed by atoms with Crippen LogP contribution in [-0.4, -0.2) is 50.5 Å². The smallest absolute Gasteiger partial charge is 0.241 e. The number of likely N-dealkylation sites (tertiary alicyclic amines) is 1. The topological polar surface area (TPSA) is 83.5 Å². The van der Waals surface area contributed by atoms with Crippen molar-refractivity contribution in [3.05, 3.63) is 29.8 Å². The molecule has 1 aromatic rings. The summed E-state index contributed by atoms with van der Waals surface area (Å²) in [4.78, 5) is 25.5. The summed E-state index contributed by atoms with van der Waals surface area (Å²) in [5.41, 5.74) is 0.974. The summed E-state index contributed by atoms with van der Waals surface area (Å²) >= 11 is 0. The van der Waals surface area contributed by atoms with Crippen LogP contribution in [0.1, 0.15) is 24.8 Å². The Hall–Kier alpha value is -1.89. The van der Waals surface area contributed by atoms with Gasteiger partial charge in [0, 0.05) is 19.5 Å². The number of aryl methyl sites for hydroxylation is 1. The molecule has 1 aliphatic heterocycles. The van der Waals surface area contributed by atoms with Gasteiger partial charge in [-0.1, -0.05) is 17.7 Å². The Bertz CT molecular complexity index is 662. The van der Waals surface area contributed by atoms with E-state index in [-0.39, 0.29) is 29.5 Å². The summed E-state index contributed by atoms with van der Waals surface area (Å²) in [5.74, 6) is -0.801. The first-order valence-corrected chi connectivity index (χ1v) is 9.37. The third kappa shape index (κ3) is 5.06. The lowest BCUT2D eigenvalue weighted by molar-refractivity contribution is -0.131. The standard InChI is InChI=1S/C16H22N2O4S/c1-13-4-6-14(7-5-13)23(21,22)11-8-15(19)17-12-16(20)18-9-2-3-10-18/h4-7H,2-3,8-12H2,1H3,(H,17,19). The van der Waals surface area contributed by atoms with Crippen LogP contribution in [-0.2, 0) is 19.4 Å². The van der Waals surface area contributed by atoms with Gasteiger partial charge in [-0.15, -0.1) is 0 Å². The van der Waals surface area contributed by atoms with Crippen LogP contribution in [0.2, 0.25) is 0 Å². The molecular weight excluding hydrogens is 316 g/mol. The van der Waals surface area contributed by atoms with Gasteiger partial charge in [-0.05, 0) is 31.9 Å². The Morgan fingerprint density at radius 1 is 1.13 bits per heavy atom. The van der Waals surface area contributed by atoms with E-state index in [1.165, 1.54) is 0 Å². The molecular formula is C16H22N2O4S. The summed E-state index contributed by atoms with van der Waals surface area (Å²) in [6.45, 7) is 3.28. The van der Waals surface area contributed by atoms with Gasteiger partial charge >= 0.3 is 0 Å². The Labute approximate surface area is 136 Å². The number of hydrogen-bond acceptors (Lipinski definition) is 4. The van der Waals surface area contributed by atoms with Crippen LogP contribution in [0, 0.1) is 6.92 Å². The number of nitrogens with zero attached hydrogens (tertiary/aromatic N) is 1. The summed E-state index contributed by atoms with van der Waals surface area (Å²) in [6, 6.07) is 6.53. The predicted octanol–water partition coefficient (Wildman–Crippen LogP) is 0.897. The van der Waals surface area contributed by atoms with Crippen molar-refractivity contribution in [2.75, 3.05) is 25.4 Å². The molecule has 0 bridgehead atoms. The maximum atomic E-state index is 12.1. The van der Waals surface area contributed by atoms with Crippen LogP contribution in [0.3, 0.4) is 0 Å². The minimum atomic E-state index is -3.48. The highest BCUT2D eigenvalue weighted by molar-refractivity contribution is 7.91. The summed E-state index contributed by atoms with van der Waals surface area (Å²) in [5, 5.41) is 2.50. The minimum absolute atomic E-state index is 0.0661. The van der Waals surface area contributed by atoms with Crippen LogP contribution in [0.5, 0.6) is 0 Å². The highest BCUT2D eigenvalue weighted by atomic mass is 32.2. The number of carbonyl (C=O) groups is 2. The van der Waals surface area contributed by atoms with Gasteiger partial charge in [0.15, 0.2) is 9.84 Å². The second kappa shape index (κ2) is 7.59. The monoisotopic (exact) mass is 338 g/mol. The van der Waals surface area contributed by atoms with E-state index < -0.39 is 15.7 Å². The van der Waals surface area contributed by atoms with Gasteiger partial charge < -0.3 is 10.2 Å². The highest BCUT2D eigenvalue weighted by Gasteiger charge is 2.19. The van der Waals surface area contributed by atoms with Gasteiger partial charge in [-0.25, -0.2) is 8.42 Å². The Balaban J connectivity index is 1.79. The highest BCUT2D eigenvalue weighted by Crippen LogP contribution is 2.13. The minimum Gasteiger partial charge on any atom is -0.347 e. The number of nitrogens with one attached hydrogen (secondary N) is 1. The Kier molecular flexibility index (Phi) is 5.76. The van der Waals surface area contributed by atoms with Crippen LogP contribution >= 0.6 is 0 Å². The molecule has 2 amide bonds. The van der Waals surface area contributed by atoms with E-state index in [1.54, 1.807) is 29.2 Å².